The molecule has 2 aromatic rings. The van der Waals surface area contributed by atoms with Crippen LogP contribution in [0.15, 0.2) is 24.3 Å². The molecule has 0 spiro atoms. The molecule has 5 nitrogen and oxygen atoms in total. The van der Waals surface area contributed by atoms with Crippen LogP contribution in [0, 0.1) is 12.8 Å². The molecule has 2 aliphatic rings. The fourth-order valence-electron chi connectivity index (χ4n) is 3.92. The monoisotopic (exact) mass is 418 g/mol. The summed E-state index contributed by atoms with van der Waals surface area (Å²) in [6.07, 6.45) is -1.61. The van der Waals surface area contributed by atoms with E-state index in [4.69, 9.17) is 4.98 Å². The molecule has 1 aliphatic carbocycles. The fourth-order valence-corrected chi connectivity index (χ4v) is 3.92. The highest BCUT2D eigenvalue weighted by Gasteiger charge is 2.35. The standard InChI is InChI=1S/C22H25F3N4O/c1-3-18-14(2)26-19(15-6-8-17(9-7-15)22(23,24)25)27-20(18)28-10-12-29(13-11-28)21(30)16-4-5-16/h6-9,16H,3-5,10-13H2,1-2H3. The number of hydrogen-bond acceptors (Lipinski definition) is 4. The average Bonchev–Trinajstić information content (AvgIpc) is 3.57. The summed E-state index contributed by atoms with van der Waals surface area (Å²) >= 11 is 0. The lowest BCUT2D eigenvalue weighted by molar-refractivity contribution is -0.137. The van der Waals surface area contributed by atoms with Crippen molar-refractivity contribution in [2.75, 3.05) is 31.1 Å². The van der Waals surface area contributed by atoms with E-state index in [2.05, 4.69) is 9.88 Å². The highest BCUT2D eigenvalue weighted by molar-refractivity contribution is 5.81. The Kier molecular flexibility index (Phi) is 5.42. The van der Waals surface area contributed by atoms with Crippen LogP contribution in [0.2, 0.25) is 0 Å². The predicted octanol–water partition coefficient (Wildman–Crippen LogP) is 4.09. The number of alkyl halides is 3. The molecule has 8 heteroatoms. The lowest BCUT2D eigenvalue weighted by Gasteiger charge is -2.36. The second-order valence-corrected chi connectivity index (χ2v) is 7.95. The van der Waals surface area contributed by atoms with Crippen LogP contribution in [0.3, 0.4) is 0 Å². The maximum atomic E-state index is 12.9. The Balaban J connectivity index is 1.59. The average molecular weight is 418 g/mol. The minimum absolute atomic E-state index is 0.218. The van der Waals surface area contributed by atoms with Crippen molar-refractivity contribution >= 4 is 11.7 Å². The summed E-state index contributed by atoms with van der Waals surface area (Å²) in [5.74, 6) is 1.72. The van der Waals surface area contributed by atoms with E-state index in [0.29, 0.717) is 37.6 Å². The van der Waals surface area contributed by atoms with Crippen LogP contribution in [-0.2, 0) is 17.4 Å². The van der Waals surface area contributed by atoms with Crippen molar-refractivity contribution in [2.24, 2.45) is 5.92 Å². The third-order valence-electron chi connectivity index (χ3n) is 5.83. The van der Waals surface area contributed by atoms with Gasteiger partial charge in [0.2, 0.25) is 5.91 Å². The van der Waals surface area contributed by atoms with Gasteiger partial charge in [-0.1, -0.05) is 19.1 Å². The molecule has 0 unspecified atom stereocenters. The van der Waals surface area contributed by atoms with Crippen LogP contribution in [0.4, 0.5) is 19.0 Å². The summed E-state index contributed by atoms with van der Waals surface area (Å²) in [7, 11) is 0. The van der Waals surface area contributed by atoms with E-state index in [9.17, 15) is 18.0 Å². The van der Waals surface area contributed by atoms with Crippen molar-refractivity contribution in [1.29, 1.82) is 0 Å². The molecule has 1 aliphatic heterocycles. The van der Waals surface area contributed by atoms with Gasteiger partial charge in [0, 0.05) is 48.9 Å². The van der Waals surface area contributed by atoms with Gasteiger partial charge in [-0.25, -0.2) is 9.97 Å². The van der Waals surface area contributed by atoms with Crippen molar-refractivity contribution in [1.82, 2.24) is 14.9 Å². The number of rotatable bonds is 4. The molecule has 0 radical (unpaired) electrons. The van der Waals surface area contributed by atoms with E-state index in [1.807, 2.05) is 18.7 Å². The van der Waals surface area contributed by atoms with Crippen molar-refractivity contribution in [3.8, 4) is 11.4 Å². The number of carbonyl (C=O) groups excluding carboxylic acids is 1. The molecule has 160 valence electrons. The zero-order valence-electron chi connectivity index (χ0n) is 17.2. The largest absolute Gasteiger partial charge is 0.416 e. The van der Waals surface area contributed by atoms with E-state index in [-0.39, 0.29) is 11.8 Å². The highest BCUT2D eigenvalue weighted by Crippen LogP contribution is 2.33. The van der Waals surface area contributed by atoms with Crippen LogP contribution < -0.4 is 4.90 Å². The van der Waals surface area contributed by atoms with Gasteiger partial charge in [0.25, 0.3) is 0 Å². The van der Waals surface area contributed by atoms with Gasteiger partial charge in [0.15, 0.2) is 5.82 Å². The van der Waals surface area contributed by atoms with E-state index in [0.717, 1.165) is 48.5 Å². The first-order chi connectivity index (χ1) is 14.3. The molecule has 0 bridgehead atoms. The van der Waals surface area contributed by atoms with Gasteiger partial charge in [-0.3, -0.25) is 4.79 Å². The smallest absolute Gasteiger partial charge is 0.353 e. The van der Waals surface area contributed by atoms with Gasteiger partial charge in [-0.15, -0.1) is 0 Å². The summed E-state index contributed by atoms with van der Waals surface area (Å²) in [6, 6.07) is 4.95. The molecule has 0 atom stereocenters. The van der Waals surface area contributed by atoms with Crippen LogP contribution in [-0.4, -0.2) is 47.0 Å². The number of hydrogen-bond donors (Lipinski definition) is 0. The summed E-state index contributed by atoms with van der Waals surface area (Å²) in [5.41, 5.74) is 1.73. The Hall–Kier alpha value is -2.64. The third-order valence-corrected chi connectivity index (χ3v) is 5.83. The van der Waals surface area contributed by atoms with E-state index in [1.54, 1.807) is 0 Å². The van der Waals surface area contributed by atoms with Crippen molar-refractivity contribution in [3.05, 3.63) is 41.1 Å². The molecule has 30 heavy (non-hydrogen) atoms. The maximum absolute atomic E-state index is 12.9. The molecular weight excluding hydrogens is 393 g/mol. The second-order valence-electron chi connectivity index (χ2n) is 7.95. The normalized spacial score (nSPS) is 17.4. The predicted molar refractivity (Wildman–Crippen MR) is 108 cm³/mol. The zero-order chi connectivity index (χ0) is 21.5. The molecule has 2 fully saturated rings. The number of aryl methyl sites for hydroxylation is 1. The summed E-state index contributed by atoms with van der Waals surface area (Å²) in [4.78, 5) is 25.7. The van der Waals surface area contributed by atoms with E-state index >= 15 is 0 Å². The Morgan fingerprint density at radius 2 is 1.70 bits per heavy atom. The van der Waals surface area contributed by atoms with Gasteiger partial charge in [0.1, 0.15) is 5.82 Å². The molecule has 4 rings (SSSR count). The number of anilines is 1. The number of aromatic nitrogens is 2. The molecule has 1 saturated heterocycles. The van der Waals surface area contributed by atoms with Crippen molar-refractivity contribution in [3.63, 3.8) is 0 Å². The Morgan fingerprint density at radius 3 is 2.23 bits per heavy atom. The Morgan fingerprint density at radius 1 is 1.07 bits per heavy atom. The summed E-state index contributed by atoms with van der Waals surface area (Å²) in [6.45, 7) is 6.65. The molecular formula is C22H25F3N4O. The number of halogens is 3. The van der Waals surface area contributed by atoms with Gasteiger partial charge < -0.3 is 9.80 Å². The van der Waals surface area contributed by atoms with Crippen molar-refractivity contribution < 1.29 is 18.0 Å². The number of carbonyl (C=O) groups is 1. The first kappa shape index (κ1) is 20.6. The molecule has 1 amide bonds. The van der Waals surface area contributed by atoms with Gasteiger partial charge in [0.05, 0.1) is 5.56 Å². The number of amides is 1. The van der Waals surface area contributed by atoms with Gasteiger partial charge >= 0.3 is 6.18 Å². The molecule has 0 N–H and O–H groups in total. The van der Waals surface area contributed by atoms with Crippen LogP contribution >= 0.6 is 0 Å². The molecule has 1 aromatic heterocycles. The van der Waals surface area contributed by atoms with Gasteiger partial charge in [-0.05, 0) is 38.3 Å². The summed E-state index contributed by atoms with van der Waals surface area (Å²) in [5, 5.41) is 0. The lowest BCUT2D eigenvalue weighted by Crippen LogP contribution is -2.49. The first-order valence-electron chi connectivity index (χ1n) is 10.4. The summed E-state index contributed by atoms with van der Waals surface area (Å²) < 4.78 is 38.6. The number of benzene rings is 1. The quantitative estimate of drug-likeness (QED) is 0.751. The first-order valence-corrected chi connectivity index (χ1v) is 10.4. The Labute approximate surface area is 173 Å². The maximum Gasteiger partial charge on any atom is 0.416 e. The second kappa shape index (κ2) is 7.89. The van der Waals surface area contributed by atoms with E-state index in [1.165, 1.54) is 12.1 Å². The Bertz CT molecular complexity index is 931. The van der Waals surface area contributed by atoms with Crippen molar-refractivity contribution in [2.45, 2.75) is 39.3 Å². The minimum atomic E-state index is -4.37. The lowest BCUT2D eigenvalue weighted by atomic mass is 10.1. The highest BCUT2D eigenvalue weighted by atomic mass is 19.4. The number of nitrogens with zero attached hydrogens (tertiary/aromatic N) is 4. The van der Waals surface area contributed by atoms with Crippen LogP contribution in [0.1, 0.15) is 36.6 Å². The minimum Gasteiger partial charge on any atom is -0.353 e. The SMILES string of the molecule is CCc1c(C)nc(-c2ccc(C(F)(F)F)cc2)nc1N1CCN(C(=O)C2CC2)CC1. The van der Waals surface area contributed by atoms with E-state index < -0.39 is 11.7 Å². The fraction of sp³-hybridized carbons (Fsp3) is 0.500. The number of piperazine rings is 1. The van der Waals surface area contributed by atoms with Crippen LogP contribution in [0.5, 0.6) is 0 Å². The topological polar surface area (TPSA) is 49.3 Å². The molecule has 1 aromatic carbocycles. The molecule has 1 saturated carbocycles. The van der Waals surface area contributed by atoms with Gasteiger partial charge in [-0.2, -0.15) is 13.2 Å². The third kappa shape index (κ3) is 4.13. The molecule has 2 heterocycles. The van der Waals surface area contributed by atoms with Crippen LogP contribution in [0.25, 0.3) is 11.4 Å². The zero-order valence-corrected chi connectivity index (χ0v) is 17.2.